The Morgan fingerprint density at radius 1 is 1.41 bits per heavy atom. The maximum atomic E-state index is 5.86. The monoisotopic (exact) mass is 234 g/mol. The molecule has 0 radical (unpaired) electrons. The van der Waals surface area contributed by atoms with Gasteiger partial charge in [0.05, 0.1) is 5.54 Å². The van der Waals surface area contributed by atoms with Crippen LogP contribution in [0, 0.1) is 0 Å². The van der Waals surface area contributed by atoms with Gasteiger partial charge < -0.3 is 11.1 Å². The van der Waals surface area contributed by atoms with Crippen LogP contribution < -0.4 is 11.1 Å². The first kappa shape index (κ1) is 11.8. The van der Waals surface area contributed by atoms with Gasteiger partial charge in [0, 0.05) is 18.9 Å². The number of hydrogen-bond acceptors (Lipinski definition) is 5. The number of hydrogen-bond donors (Lipinski definition) is 2. The zero-order valence-electron chi connectivity index (χ0n) is 10.2. The molecule has 0 aliphatic rings. The Kier molecular flexibility index (Phi) is 3.23. The van der Waals surface area contributed by atoms with Crippen LogP contribution >= 0.6 is 0 Å². The quantitative estimate of drug-likeness (QED) is 0.808. The van der Waals surface area contributed by atoms with E-state index < -0.39 is 0 Å². The lowest BCUT2D eigenvalue weighted by molar-refractivity contribution is 0.444. The van der Waals surface area contributed by atoms with Crippen LogP contribution in [-0.2, 0) is 0 Å². The Bertz CT molecular complexity index is 479. The summed E-state index contributed by atoms with van der Waals surface area (Å²) in [7, 11) is 0. The van der Waals surface area contributed by atoms with Gasteiger partial charge in [0.25, 0.3) is 0 Å². The number of rotatable bonds is 5. The van der Waals surface area contributed by atoms with Crippen LogP contribution in [0.1, 0.15) is 26.7 Å². The Labute approximate surface area is 100 Å². The molecule has 0 aliphatic carbocycles. The minimum Gasteiger partial charge on any atom is -0.360 e. The second-order valence-corrected chi connectivity index (χ2v) is 4.15. The maximum Gasteiger partial charge on any atom is 0.203 e. The van der Waals surface area contributed by atoms with E-state index in [0.29, 0.717) is 6.54 Å². The van der Waals surface area contributed by atoms with E-state index in [1.807, 2.05) is 10.6 Å². The highest BCUT2D eigenvalue weighted by Gasteiger charge is 2.25. The molecule has 2 aromatic rings. The normalized spacial score (nSPS) is 11.9. The Morgan fingerprint density at radius 2 is 2.18 bits per heavy atom. The molecule has 6 heteroatoms. The molecule has 2 heterocycles. The van der Waals surface area contributed by atoms with Crippen molar-refractivity contribution in [2.45, 2.75) is 32.2 Å². The Morgan fingerprint density at radius 3 is 2.82 bits per heavy atom. The van der Waals surface area contributed by atoms with Gasteiger partial charge in [-0.15, -0.1) is 10.2 Å². The molecule has 0 aromatic carbocycles. The zero-order valence-corrected chi connectivity index (χ0v) is 10.2. The highest BCUT2D eigenvalue weighted by Crippen LogP contribution is 2.21. The summed E-state index contributed by atoms with van der Waals surface area (Å²) < 4.78 is 1.84. The average Bonchev–Trinajstić information content (AvgIpc) is 2.85. The van der Waals surface area contributed by atoms with Gasteiger partial charge in [0.2, 0.25) is 5.65 Å². The molecular weight excluding hydrogens is 216 g/mol. The van der Waals surface area contributed by atoms with Crippen molar-refractivity contribution >= 4 is 11.5 Å². The van der Waals surface area contributed by atoms with E-state index in [9.17, 15) is 0 Å². The van der Waals surface area contributed by atoms with Crippen molar-refractivity contribution in [2.24, 2.45) is 5.73 Å². The molecule has 0 unspecified atom stereocenters. The number of fused-ring (bicyclic) bond motifs is 1. The van der Waals surface area contributed by atoms with Crippen LogP contribution in [0.3, 0.4) is 0 Å². The third-order valence-electron chi connectivity index (χ3n) is 3.34. The molecule has 6 nitrogen and oxygen atoms in total. The molecule has 92 valence electrons. The van der Waals surface area contributed by atoms with Crippen LogP contribution in [0.4, 0.5) is 5.82 Å². The Hall–Kier alpha value is -1.69. The summed E-state index contributed by atoms with van der Waals surface area (Å²) in [5.74, 6) is 0.735. The molecule has 0 aliphatic heterocycles. The molecule has 0 atom stereocenters. The molecule has 17 heavy (non-hydrogen) atoms. The van der Waals surface area contributed by atoms with E-state index in [4.69, 9.17) is 5.73 Å². The first-order valence-corrected chi connectivity index (χ1v) is 5.87. The van der Waals surface area contributed by atoms with Crippen LogP contribution in [0.25, 0.3) is 5.65 Å². The van der Waals surface area contributed by atoms with Crippen molar-refractivity contribution in [1.29, 1.82) is 0 Å². The highest BCUT2D eigenvalue weighted by atomic mass is 15.3. The van der Waals surface area contributed by atoms with Crippen LogP contribution in [0.15, 0.2) is 18.7 Å². The molecule has 0 amide bonds. The largest absolute Gasteiger partial charge is 0.360 e. The van der Waals surface area contributed by atoms with Gasteiger partial charge in [0.15, 0.2) is 5.82 Å². The molecule has 2 aromatic heterocycles. The van der Waals surface area contributed by atoms with E-state index in [0.717, 1.165) is 24.3 Å². The number of nitrogens with one attached hydrogen (secondary N) is 1. The fourth-order valence-electron chi connectivity index (χ4n) is 1.86. The molecule has 0 saturated heterocycles. The van der Waals surface area contributed by atoms with Crippen LogP contribution in [-0.4, -0.2) is 31.7 Å². The highest BCUT2D eigenvalue weighted by molar-refractivity contribution is 5.62. The number of nitrogens with two attached hydrogens (primary N) is 1. The average molecular weight is 234 g/mol. The summed E-state index contributed by atoms with van der Waals surface area (Å²) in [6, 6.07) is 0. The van der Waals surface area contributed by atoms with Crippen LogP contribution in [0.2, 0.25) is 0 Å². The van der Waals surface area contributed by atoms with Gasteiger partial charge in [-0.3, -0.25) is 4.40 Å². The van der Waals surface area contributed by atoms with Crippen molar-refractivity contribution in [3.05, 3.63) is 18.7 Å². The lowest BCUT2D eigenvalue weighted by Crippen LogP contribution is -2.44. The van der Waals surface area contributed by atoms with Gasteiger partial charge in [-0.25, -0.2) is 4.98 Å². The lowest BCUT2D eigenvalue weighted by atomic mass is 9.93. The zero-order chi connectivity index (χ0) is 12.3. The molecule has 0 fully saturated rings. The fraction of sp³-hybridized carbons (Fsp3) is 0.545. The first-order chi connectivity index (χ1) is 8.24. The summed E-state index contributed by atoms with van der Waals surface area (Å²) in [5.41, 5.74) is 6.47. The van der Waals surface area contributed by atoms with Crippen molar-refractivity contribution in [3.8, 4) is 0 Å². The first-order valence-electron chi connectivity index (χ1n) is 5.87. The maximum absolute atomic E-state index is 5.86. The minimum atomic E-state index is -0.124. The second kappa shape index (κ2) is 4.67. The summed E-state index contributed by atoms with van der Waals surface area (Å²) in [6.45, 7) is 4.80. The smallest absolute Gasteiger partial charge is 0.203 e. The topological polar surface area (TPSA) is 81.1 Å². The third kappa shape index (κ3) is 2.08. The summed E-state index contributed by atoms with van der Waals surface area (Å²) in [5, 5.41) is 11.3. The molecule has 0 bridgehead atoms. The summed E-state index contributed by atoms with van der Waals surface area (Å²) >= 11 is 0. The van der Waals surface area contributed by atoms with Crippen molar-refractivity contribution in [1.82, 2.24) is 19.6 Å². The molecular formula is C11H18N6. The molecule has 2 rings (SSSR count). The van der Waals surface area contributed by atoms with Crippen LogP contribution in [0.5, 0.6) is 0 Å². The molecule has 0 spiro atoms. The minimum absolute atomic E-state index is 0.124. The van der Waals surface area contributed by atoms with E-state index in [2.05, 4.69) is 34.3 Å². The Balaban J connectivity index is 2.37. The van der Waals surface area contributed by atoms with Crippen molar-refractivity contribution in [3.63, 3.8) is 0 Å². The fourth-order valence-corrected chi connectivity index (χ4v) is 1.86. The van der Waals surface area contributed by atoms with Gasteiger partial charge in [-0.2, -0.15) is 0 Å². The second-order valence-electron chi connectivity index (χ2n) is 4.15. The number of anilines is 1. The van der Waals surface area contributed by atoms with E-state index in [-0.39, 0.29) is 5.54 Å². The standard InChI is InChI=1S/C11H18N6/c1-3-11(4-2,7-12)15-9-10-16-14-8-17(10)6-5-13-9/h5-6,8H,3-4,7,12H2,1-2H3,(H,13,15). The van der Waals surface area contributed by atoms with E-state index in [1.165, 1.54) is 0 Å². The van der Waals surface area contributed by atoms with Crippen molar-refractivity contribution < 1.29 is 0 Å². The molecule has 0 saturated carbocycles. The third-order valence-corrected chi connectivity index (χ3v) is 3.34. The predicted molar refractivity (Wildman–Crippen MR) is 66.8 cm³/mol. The van der Waals surface area contributed by atoms with Crippen molar-refractivity contribution in [2.75, 3.05) is 11.9 Å². The number of nitrogens with zero attached hydrogens (tertiary/aromatic N) is 4. The van der Waals surface area contributed by atoms with Gasteiger partial charge in [-0.1, -0.05) is 13.8 Å². The lowest BCUT2D eigenvalue weighted by Gasteiger charge is -2.31. The SMILES string of the molecule is CCC(CC)(CN)Nc1nccn2cnnc12. The van der Waals surface area contributed by atoms with Gasteiger partial charge in [0.1, 0.15) is 6.33 Å². The summed E-state index contributed by atoms with van der Waals surface area (Å²) in [6.07, 6.45) is 7.09. The molecule has 3 N–H and O–H groups in total. The summed E-state index contributed by atoms with van der Waals surface area (Å²) in [4.78, 5) is 4.32. The van der Waals surface area contributed by atoms with E-state index >= 15 is 0 Å². The van der Waals surface area contributed by atoms with Gasteiger partial charge >= 0.3 is 0 Å². The van der Waals surface area contributed by atoms with Gasteiger partial charge in [-0.05, 0) is 12.8 Å². The van der Waals surface area contributed by atoms with E-state index in [1.54, 1.807) is 12.5 Å². The predicted octanol–water partition coefficient (Wildman–Crippen LogP) is 1.05. The number of aromatic nitrogens is 4.